The van der Waals surface area contributed by atoms with E-state index in [0.29, 0.717) is 6.42 Å². The largest absolute Gasteiger partial charge is 0.481 e. The molecular formula is C24H34O3S2. The Morgan fingerprint density at radius 1 is 0.897 bits per heavy atom. The van der Waals surface area contributed by atoms with Gasteiger partial charge in [0.2, 0.25) is 0 Å². The first-order valence-corrected chi connectivity index (χ1v) is 11.9. The maximum atomic E-state index is 11.2. The molecule has 0 radical (unpaired) electrons. The quantitative estimate of drug-likeness (QED) is 0.388. The van der Waals surface area contributed by atoms with Gasteiger partial charge in [-0.3, -0.25) is 4.79 Å². The molecule has 0 saturated carbocycles. The molecule has 2 heterocycles. The van der Waals surface area contributed by atoms with Crippen molar-refractivity contribution in [3.8, 4) is 0 Å². The minimum atomic E-state index is -0.722. The summed E-state index contributed by atoms with van der Waals surface area (Å²) in [6.45, 7) is 8.04. The van der Waals surface area contributed by atoms with Gasteiger partial charge >= 0.3 is 5.97 Å². The van der Waals surface area contributed by atoms with Crippen LogP contribution >= 0.6 is 22.7 Å². The van der Waals surface area contributed by atoms with Crippen LogP contribution in [0.1, 0.15) is 72.9 Å². The number of aliphatic hydroxyl groups is 1. The van der Waals surface area contributed by atoms with Crippen LogP contribution in [-0.4, -0.2) is 22.8 Å². The number of carbonyl (C=O) groups is 1. The Labute approximate surface area is 183 Å². The van der Waals surface area contributed by atoms with Gasteiger partial charge in [-0.1, -0.05) is 13.8 Å². The van der Waals surface area contributed by atoms with Gasteiger partial charge < -0.3 is 10.2 Å². The monoisotopic (exact) mass is 434 g/mol. The van der Waals surface area contributed by atoms with E-state index in [2.05, 4.69) is 50.3 Å². The Kier molecular flexibility index (Phi) is 8.68. The van der Waals surface area contributed by atoms with Crippen LogP contribution in [0.25, 0.3) is 12.2 Å². The second kappa shape index (κ2) is 10.6. The number of aliphatic carboxylic acids is 1. The molecule has 29 heavy (non-hydrogen) atoms. The molecule has 0 saturated heterocycles. The third-order valence-corrected chi connectivity index (χ3v) is 7.51. The van der Waals surface area contributed by atoms with Gasteiger partial charge in [-0.05, 0) is 94.2 Å². The summed E-state index contributed by atoms with van der Waals surface area (Å²) in [5, 5.41) is 18.6. The molecular weight excluding hydrogens is 400 g/mol. The van der Waals surface area contributed by atoms with Crippen LogP contribution in [0.15, 0.2) is 24.3 Å². The van der Waals surface area contributed by atoms with Crippen LogP contribution in [0.5, 0.6) is 0 Å². The number of aryl methyl sites for hydroxylation is 2. The molecule has 2 aromatic rings. The van der Waals surface area contributed by atoms with E-state index in [1.807, 2.05) is 11.3 Å². The van der Waals surface area contributed by atoms with Gasteiger partial charge in [-0.15, -0.1) is 22.7 Å². The molecule has 0 unspecified atom stereocenters. The van der Waals surface area contributed by atoms with E-state index in [0.717, 1.165) is 32.1 Å². The van der Waals surface area contributed by atoms with Crippen molar-refractivity contribution in [3.05, 3.63) is 43.8 Å². The van der Waals surface area contributed by atoms with Crippen molar-refractivity contribution in [1.29, 1.82) is 0 Å². The Morgan fingerprint density at radius 2 is 1.38 bits per heavy atom. The molecule has 0 bridgehead atoms. The van der Waals surface area contributed by atoms with Gasteiger partial charge in [0, 0.05) is 26.1 Å². The minimum Gasteiger partial charge on any atom is -0.481 e. The lowest BCUT2D eigenvalue weighted by Gasteiger charge is -2.20. The normalized spacial score (nSPS) is 12.7. The van der Waals surface area contributed by atoms with Crippen molar-refractivity contribution < 1.29 is 15.0 Å². The molecule has 0 aliphatic rings. The van der Waals surface area contributed by atoms with E-state index >= 15 is 0 Å². The second-order valence-electron chi connectivity index (χ2n) is 9.16. The van der Waals surface area contributed by atoms with Crippen molar-refractivity contribution in [2.45, 2.75) is 66.2 Å². The van der Waals surface area contributed by atoms with E-state index in [-0.39, 0.29) is 12.0 Å². The van der Waals surface area contributed by atoms with E-state index in [1.165, 1.54) is 19.5 Å². The molecule has 0 atom stereocenters. The number of thiophene rings is 2. The van der Waals surface area contributed by atoms with E-state index < -0.39 is 11.4 Å². The Morgan fingerprint density at radius 3 is 1.83 bits per heavy atom. The first kappa shape index (κ1) is 23.8. The van der Waals surface area contributed by atoms with Gasteiger partial charge in [-0.2, -0.15) is 0 Å². The van der Waals surface area contributed by atoms with Gasteiger partial charge in [-0.25, -0.2) is 0 Å². The van der Waals surface area contributed by atoms with Crippen LogP contribution in [0.4, 0.5) is 0 Å². The summed E-state index contributed by atoms with van der Waals surface area (Å²) in [7, 11) is 0. The van der Waals surface area contributed by atoms with E-state index in [9.17, 15) is 15.0 Å². The number of rotatable bonds is 12. The number of hydrogen-bond acceptors (Lipinski definition) is 4. The summed E-state index contributed by atoms with van der Waals surface area (Å²) in [6, 6.07) is 8.68. The first-order valence-electron chi connectivity index (χ1n) is 10.3. The van der Waals surface area contributed by atoms with Gasteiger partial charge in [0.15, 0.2) is 0 Å². The molecule has 0 aromatic carbocycles. The highest BCUT2D eigenvalue weighted by Crippen LogP contribution is 2.28. The predicted molar refractivity (Wildman–Crippen MR) is 126 cm³/mol. The maximum absolute atomic E-state index is 11.2. The summed E-state index contributed by atoms with van der Waals surface area (Å²) in [5.74, 6) is -0.722. The van der Waals surface area contributed by atoms with Crippen molar-refractivity contribution in [2.75, 3.05) is 6.61 Å². The molecule has 0 aliphatic heterocycles. The van der Waals surface area contributed by atoms with Crippen molar-refractivity contribution in [1.82, 2.24) is 0 Å². The molecule has 0 amide bonds. The molecule has 2 aromatic heterocycles. The molecule has 160 valence electrons. The van der Waals surface area contributed by atoms with Crippen LogP contribution < -0.4 is 0 Å². The lowest BCUT2D eigenvalue weighted by molar-refractivity contribution is -0.147. The van der Waals surface area contributed by atoms with Gasteiger partial charge in [0.25, 0.3) is 0 Å². The Bertz CT molecular complexity index is 812. The number of carboxylic acids is 1. The molecule has 2 N–H and O–H groups in total. The molecule has 0 fully saturated rings. The molecule has 0 aliphatic carbocycles. The fraction of sp³-hybridized carbons (Fsp3) is 0.542. The summed E-state index contributed by atoms with van der Waals surface area (Å²) >= 11 is 3.62. The average Bonchev–Trinajstić information content (AvgIpc) is 3.29. The third-order valence-electron chi connectivity index (χ3n) is 5.29. The van der Waals surface area contributed by atoms with Crippen molar-refractivity contribution >= 4 is 40.8 Å². The topological polar surface area (TPSA) is 57.5 Å². The predicted octanol–water partition coefficient (Wildman–Crippen LogP) is 6.75. The highest BCUT2D eigenvalue weighted by Gasteiger charge is 2.26. The SMILES string of the molecule is CC(C)(CO)CCCc1ccc(/C=C\c2ccc(CCCC(C)(C)C(=O)O)s2)s1. The summed E-state index contributed by atoms with van der Waals surface area (Å²) in [4.78, 5) is 16.4. The molecule has 0 spiro atoms. The smallest absolute Gasteiger partial charge is 0.309 e. The third kappa shape index (κ3) is 8.07. The number of hydrogen-bond donors (Lipinski definition) is 2. The van der Waals surface area contributed by atoms with E-state index in [4.69, 9.17) is 0 Å². The summed E-state index contributed by atoms with van der Waals surface area (Å²) in [5.41, 5.74) is -0.634. The van der Waals surface area contributed by atoms with Crippen LogP contribution in [-0.2, 0) is 17.6 Å². The van der Waals surface area contributed by atoms with Gasteiger partial charge in [0.1, 0.15) is 0 Å². The standard InChI is InChI=1S/C24H34O3S2/c1-23(2,17-25)15-5-7-18-9-11-20(28-18)13-14-21-12-10-19(29-21)8-6-16-24(3,4)22(26)27/h9-14,25H,5-8,15-17H2,1-4H3,(H,26,27)/b14-13-. The lowest BCUT2D eigenvalue weighted by atomic mass is 9.87. The summed E-state index contributed by atoms with van der Waals surface area (Å²) in [6.07, 6.45) is 10.1. The zero-order chi connectivity index (χ0) is 21.5. The molecule has 5 heteroatoms. The fourth-order valence-electron chi connectivity index (χ4n) is 3.03. The van der Waals surface area contributed by atoms with Crippen LogP contribution in [0, 0.1) is 10.8 Å². The van der Waals surface area contributed by atoms with Crippen LogP contribution in [0.2, 0.25) is 0 Å². The highest BCUT2D eigenvalue weighted by molar-refractivity contribution is 7.13. The van der Waals surface area contributed by atoms with E-state index in [1.54, 1.807) is 25.2 Å². The number of aliphatic hydroxyl groups excluding tert-OH is 1. The zero-order valence-corrected chi connectivity index (χ0v) is 19.7. The first-order chi connectivity index (χ1) is 13.6. The fourth-order valence-corrected chi connectivity index (χ4v) is 4.95. The van der Waals surface area contributed by atoms with Crippen molar-refractivity contribution in [2.24, 2.45) is 10.8 Å². The Balaban J connectivity index is 1.81. The highest BCUT2D eigenvalue weighted by atomic mass is 32.1. The Hall–Kier alpha value is -1.43. The lowest BCUT2D eigenvalue weighted by Crippen LogP contribution is -2.23. The van der Waals surface area contributed by atoms with Gasteiger partial charge in [0.05, 0.1) is 5.41 Å². The summed E-state index contributed by atoms with van der Waals surface area (Å²) < 4.78 is 0. The maximum Gasteiger partial charge on any atom is 0.309 e. The average molecular weight is 435 g/mol. The van der Waals surface area contributed by atoms with Crippen molar-refractivity contribution in [3.63, 3.8) is 0 Å². The molecule has 3 nitrogen and oxygen atoms in total. The zero-order valence-electron chi connectivity index (χ0n) is 18.0. The minimum absolute atomic E-state index is 0.0141. The van der Waals surface area contributed by atoms with Crippen LogP contribution in [0.3, 0.4) is 0 Å². The second-order valence-corrected chi connectivity index (χ2v) is 11.6. The molecule has 2 rings (SSSR count). The number of carboxylic acid groups (broad SMARTS) is 1.